The maximum absolute atomic E-state index is 11.8. The van der Waals surface area contributed by atoms with Gasteiger partial charge in [-0.15, -0.1) is 0 Å². The normalized spacial score (nSPS) is 20.7. The molecule has 0 aromatic heterocycles. The number of hydrogen-bond donors (Lipinski definition) is 1. The topological polar surface area (TPSA) is 56.8 Å². The van der Waals surface area contributed by atoms with Gasteiger partial charge in [-0.25, -0.2) is 0 Å². The average molecular weight is 358 g/mol. The van der Waals surface area contributed by atoms with Crippen molar-refractivity contribution in [1.82, 2.24) is 5.32 Å². The van der Waals surface area contributed by atoms with Crippen LogP contribution in [0.3, 0.4) is 0 Å². The van der Waals surface area contributed by atoms with Crippen molar-refractivity contribution in [3.63, 3.8) is 0 Å². The molecule has 1 aliphatic rings. The molecule has 1 unspecified atom stereocenters. The molecule has 1 saturated heterocycles. The van der Waals surface area contributed by atoms with E-state index in [0.717, 1.165) is 19.3 Å². The van der Waals surface area contributed by atoms with E-state index in [9.17, 15) is 4.79 Å². The second-order valence-electron chi connectivity index (χ2n) is 9.64. The lowest BCUT2D eigenvalue weighted by atomic mass is 9.88. The fourth-order valence-electron chi connectivity index (χ4n) is 3.02. The Kier molecular flexibility index (Phi) is 8.36. The Morgan fingerprint density at radius 1 is 1.24 bits per heavy atom. The molecule has 5 heteroatoms. The van der Waals surface area contributed by atoms with Gasteiger partial charge in [0.15, 0.2) is 5.79 Å². The minimum atomic E-state index is -0.473. The van der Waals surface area contributed by atoms with E-state index >= 15 is 0 Å². The van der Waals surface area contributed by atoms with Crippen LogP contribution in [-0.4, -0.2) is 44.2 Å². The first-order valence-corrected chi connectivity index (χ1v) is 9.55. The van der Waals surface area contributed by atoms with Gasteiger partial charge in [-0.1, -0.05) is 34.6 Å². The maximum atomic E-state index is 11.8. The van der Waals surface area contributed by atoms with Crippen LogP contribution in [-0.2, 0) is 19.0 Å². The van der Waals surface area contributed by atoms with Gasteiger partial charge >= 0.3 is 0 Å². The van der Waals surface area contributed by atoms with Crippen LogP contribution in [0.5, 0.6) is 0 Å². The molecule has 1 N–H and O–H groups in total. The summed E-state index contributed by atoms with van der Waals surface area (Å²) in [6.45, 7) is 17.2. The fourth-order valence-corrected chi connectivity index (χ4v) is 3.02. The molecule has 0 spiro atoms. The van der Waals surface area contributed by atoms with Crippen molar-refractivity contribution in [3.05, 3.63) is 0 Å². The summed E-state index contributed by atoms with van der Waals surface area (Å²) in [4.78, 5) is 11.8. The summed E-state index contributed by atoms with van der Waals surface area (Å²) in [7, 11) is 0. The Balaban J connectivity index is 2.09. The lowest BCUT2D eigenvalue weighted by Gasteiger charge is -2.27. The molecule has 0 saturated carbocycles. The van der Waals surface area contributed by atoms with Gasteiger partial charge in [-0.05, 0) is 43.9 Å². The highest BCUT2D eigenvalue weighted by atomic mass is 16.7. The van der Waals surface area contributed by atoms with E-state index in [0.29, 0.717) is 32.8 Å². The number of carbonyl (C=O) groups excluding carboxylic acids is 1. The predicted octanol–water partition coefficient (Wildman–Crippen LogP) is 3.90. The van der Waals surface area contributed by atoms with Gasteiger partial charge in [0, 0.05) is 13.0 Å². The molecule has 1 aliphatic heterocycles. The molecule has 0 aromatic carbocycles. The molecular formula is C20H39NO4. The van der Waals surface area contributed by atoms with Gasteiger partial charge in [-0.2, -0.15) is 0 Å². The van der Waals surface area contributed by atoms with Crippen molar-refractivity contribution in [2.75, 3.05) is 26.4 Å². The summed E-state index contributed by atoms with van der Waals surface area (Å²) in [6.07, 6.45) is 3.61. The highest BCUT2D eigenvalue weighted by Crippen LogP contribution is 2.31. The fraction of sp³-hybridized carbons (Fsp3) is 0.950. The Bertz CT molecular complexity index is 412. The highest BCUT2D eigenvalue weighted by Gasteiger charge is 2.36. The van der Waals surface area contributed by atoms with Crippen molar-refractivity contribution in [1.29, 1.82) is 0 Å². The Labute approximate surface area is 154 Å². The minimum absolute atomic E-state index is 0.0190. The number of ether oxygens (including phenoxy) is 3. The van der Waals surface area contributed by atoms with Crippen molar-refractivity contribution in [2.45, 2.75) is 86.0 Å². The summed E-state index contributed by atoms with van der Waals surface area (Å²) in [6, 6.07) is 0. The third kappa shape index (κ3) is 10.8. The van der Waals surface area contributed by atoms with Crippen LogP contribution in [0.25, 0.3) is 0 Å². The first-order chi connectivity index (χ1) is 11.4. The lowest BCUT2D eigenvalue weighted by Crippen LogP contribution is -2.31. The zero-order valence-electron chi connectivity index (χ0n) is 17.4. The first kappa shape index (κ1) is 22.4. The van der Waals surface area contributed by atoms with E-state index in [1.807, 2.05) is 13.8 Å². The van der Waals surface area contributed by atoms with Crippen LogP contribution in [0, 0.1) is 10.8 Å². The van der Waals surface area contributed by atoms with Crippen LogP contribution in [0.2, 0.25) is 0 Å². The third-order valence-electron chi connectivity index (χ3n) is 4.24. The van der Waals surface area contributed by atoms with Crippen LogP contribution >= 0.6 is 0 Å². The number of rotatable bonds is 10. The first-order valence-electron chi connectivity index (χ1n) is 9.55. The molecule has 0 aliphatic carbocycles. The lowest BCUT2D eigenvalue weighted by molar-refractivity contribution is -0.142. The van der Waals surface area contributed by atoms with Crippen molar-refractivity contribution in [2.24, 2.45) is 10.8 Å². The largest absolute Gasteiger partial charge is 0.379 e. The van der Waals surface area contributed by atoms with Crippen molar-refractivity contribution < 1.29 is 19.0 Å². The SMILES string of the molecule is CC(C)(C)CCCC(=O)NCCOCC(C)(C)CC1COC(C)(C)O1. The van der Waals surface area contributed by atoms with E-state index < -0.39 is 5.79 Å². The van der Waals surface area contributed by atoms with Crippen LogP contribution in [0.4, 0.5) is 0 Å². The predicted molar refractivity (Wildman–Crippen MR) is 100 cm³/mol. The average Bonchev–Trinajstić information content (AvgIpc) is 2.75. The standard InChI is InChI=1S/C20H39NO4/c1-18(2,3)10-8-9-17(22)21-11-12-23-15-19(4,5)13-16-14-24-20(6,7)25-16/h16H,8-15H2,1-7H3,(H,21,22). The summed E-state index contributed by atoms with van der Waals surface area (Å²) in [5.74, 6) is -0.357. The number of nitrogens with one attached hydrogen (secondary N) is 1. The third-order valence-corrected chi connectivity index (χ3v) is 4.24. The molecule has 148 valence electrons. The van der Waals surface area contributed by atoms with Gasteiger partial charge in [0.25, 0.3) is 0 Å². The van der Waals surface area contributed by atoms with E-state index in [2.05, 4.69) is 39.9 Å². The Morgan fingerprint density at radius 2 is 1.92 bits per heavy atom. The summed E-state index contributed by atoms with van der Waals surface area (Å²) >= 11 is 0. The van der Waals surface area contributed by atoms with Gasteiger partial charge < -0.3 is 19.5 Å². The monoisotopic (exact) mass is 357 g/mol. The molecule has 1 fully saturated rings. The number of hydrogen-bond acceptors (Lipinski definition) is 4. The summed E-state index contributed by atoms with van der Waals surface area (Å²) < 4.78 is 17.2. The molecule has 1 heterocycles. The van der Waals surface area contributed by atoms with Crippen LogP contribution in [0.1, 0.15) is 74.1 Å². The van der Waals surface area contributed by atoms with E-state index in [4.69, 9.17) is 14.2 Å². The maximum Gasteiger partial charge on any atom is 0.220 e. The van der Waals surface area contributed by atoms with E-state index in [1.54, 1.807) is 0 Å². The van der Waals surface area contributed by atoms with Gasteiger partial charge in [0.2, 0.25) is 5.91 Å². The highest BCUT2D eigenvalue weighted by molar-refractivity contribution is 5.75. The molecule has 25 heavy (non-hydrogen) atoms. The zero-order chi connectivity index (χ0) is 19.1. The number of carbonyl (C=O) groups is 1. The molecule has 0 radical (unpaired) electrons. The Morgan fingerprint density at radius 3 is 2.48 bits per heavy atom. The zero-order valence-corrected chi connectivity index (χ0v) is 17.4. The van der Waals surface area contributed by atoms with Gasteiger partial charge in [0.1, 0.15) is 0 Å². The molecular weight excluding hydrogens is 318 g/mol. The molecule has 1 amide bonds. The molecule has 0 aromatic rings. The Hall–Kier alpha value is -0.650. The van der Waals surface area contributed by atoms with Crippen molar-refractivity contribution >= 4 is 5.91 Å². The summed E-state index contributed by atoms with van der Waals surface area (Å²) in [5, 5.41) is 2.93. The minimum Gasteiger partial charge on any atom is -0.379 e. The molecule has 0 bridgehead atoms. The smallest absolute Gasteiger partial charge is 0.220 e. The van der Waals surface area contributed by atoms with Crippen LogP contribution < -0.4 is 5.32 Å². The summed E-state index contributed by atoms with van der Waals surface area (Å²) in [5.41, 5.74) is 0.309. The van der Waals surface area contributed by atoms with Crippen molar-refractivity contribution in [3.8, 4) is 0 Å². The molecule has 5 nitrogen and oxygen atoms in total. The van der Waals surface area contributed by atoms with E-state index in [-0.39, 0.29) is 22.8 Å². The quantitative estimate of drug-likeness (QED) is 0.602. The second-order valence-corrected chi connectivity index (χ2v) is 9.64. The number of amides is 1. The molecule has 1 rings (SSSR count). The molecule has 1 atom stereocenters. The van der Waals surface area contributed by atoms with Crippen LogP contribution in [0.15, 0.2) is 0 Å². The van der Waals surface area contributed by atoms with Gasteiger partial charge in [0.05, 0.1) is 25.9 Å². The second kappa shape index (κ2) is 9.33. The van der Waals surface area contributed by atoms with E-state index in [1.165, 1.54) is 0 Å². The van der Waals surface area contributed by atoms with Gasteiger partial charge in [-0.3, -0.25) is 4.79 Å².